The van der Waals surface area contributed by atoms with Crippen LogP contribution < -0.4 is 0 Å². The minimum atomic E-state index is 0.741. The summed E-state index contributed by atoms with van der Waals surface area (Å²) in [6.45, 7) is 4.00. The van der Waals surface area contributed by atoms with Crippen LogP contribution in [0.2, 0.25) is 0 Å². The Hall–Kier alpha value is -1.96. The zero-order valence-electron chi connectivity index (χ0n) is 9.40. The number of hydrogen-bond acceptors (Lipinski definition) is 2. The van der Waals surface area contributed by atoms with Crippen LogP contribution in [0.1, 0.15) is 21.5 Å². The Balaban J connectivity index is 2.54. The van der Waals surface area contributed by atoms with Gasteiger partial charge in [-0.15, -0.1) is 0 Å². The van der Waals surface area contributed by atoms with E-state index in [1.807, 2.05) is 37.4 Å². The molecule has 1 aromatic carbocycles. The van der Waals surface area contributed by atoms with Gasteiger partial charge in [-0.05, 0) is 36.6 Å². The van der Waals surface area contributed by atoms with Crippen LogP contribution in [0.4, 0.5) is 0 Å². The molecule has 1 aromatic heterocycles. The number of aldehydes is 1. The Morgan fingerprint density at radius 2 is 1.94 bits per heavy atom. The van der Waals surface area contributed by atoms with Crippen molar-refractivity contribution < 1.29 is 4.79 Å². The highest BCUT2D eigenvalue weighted by Gasteiger charge is 2.03. The zero-order chi connectivity index (χ0) is 11.5. The molecule has 0 amide bonds. The first-order chi connectivity index (χ1) is 7.72. The predicted molar refractivity (Wildman–Crippen MR) is 64.5 cm³/mol. The molecule has 0 spiro atoms. The molecule has 0 aliphatic carbocycles. The lowest BCUT2D eigenvalue weighted by Crippen LogP contribution is -1.89. The summed E-state index contributed by atoms with van der Waals surface area (Å²) >= 11 is 0. The van der Waals surface area contributed by atoms with Crippen molar-refractivity contribution in [2.45, 2.75) is 13.8 Å². The summed E-state index contributed by atoms with van der Waals surface area (Å²) in [5, 5.41) is 0. The fraction of sp³-hybridized carbons (Fsp3) is 0.143. The van der Waals surface area contributed by atoms with E-state index in [1.54, 1.807) is 6.20 Å². The van der Waals surface area contributed by atoms with Gasteiger partial charge in [-0.1, -0.05) is 18.2 Å². The first kappa shape index (κ1) is 10.6. The fourth-order valence-electron chi connectivity index (χ4n) is 1.74. The summed E-state index contributed by atoms with van der Waals surface area (Å²) in [4.78, 5) is 14.9. The first-order valence-corrected chi connectivity index (χ1v) is 5.19. The van der Waals surface area contributed by atoms with Crippen LogP contribution in [0.3, 0.4) is 0 Å². The van der Waals surface area contributed by atoms with E-state index in [4.69, 9.17) is 0 Å². The number of aromatic nitrogens is 1. The summed E-state index contributed by atoms with van der Waals surface area (Å²) < 4.78 is 0. The zero-order valence-corrected chi connectivity index (χ0v) is 9.40. The molecule has 2 aromatic rings. The van der Waals surface area contributed by atoms with Gasteiger partial charge in [-0.3, -0.25) is 9.78 Å². The number of hydrogen-bond donors (Lipinski definition) is 0. The van der Waals surface area contributed by atoms with Crippen LogP contribution >= 0.6 is 0 Å². The lowest BCUT2D eigenvalue weighted by atomic mass is 9.99. The third-order valence-electron chi connectivity index (χ3n) is 2.75. The van der Waals surface area contributed by atoms with Gasteiger partial charge < -0.3 is 0 Å². The van der Waals surface area contributed by atoms with E-state index >= 15 is 0 Å². The molecule has 0 saturated heterocycles. The average Bonchev–Trinajstić information content (AvgIpc) is 2.29. The maximum atomic E-state index is 10.7. The van der Waals surface area contributed by atoms with Gasteiger partial charge in [0.25, 0.3) is 0 Å². The number of carbonyl (C=O) groups excluding carboxylic acids is 1. The number of carbonyl (C=O) groups is 1. The number of aryl methyl sites for hydroxylation is 2. The highest BCUT2D eigenvalue weighted by atomic mass is 16.1. The van der Waals surface area contributed by atoms with Crippen LogP contribution in [-0.2, 0) is 0 Å². The van der Waals surface area contributed by atoms with E-state index in [0.29, 0.717) is 0 Å². The van der Waals surface area contributed by atoms with Crippen molar-refractivity contribution in [3.05, 3.63) is 53.3 Å². The van der Waals surface area contributed by atoms with E-state index in [2.05, 4.69) is 11.9 Å². The van der Waals surface area contributed by atoms with Crippen molar-refractivity contribution in [3.63, 3.8) is 0 Å². The van der Waals surface area contributed by atoms with E-state index in [9.17, 15) is 4.79 Å². The molecular weight excluding hydrogens is 198 g/mol. The first-order valence-electron chi connectivity index (χ1n) is 5.19. The largest absolute Gasteiger partial charge is 0.298 e. The van der Waals surface area contributed by atoms with Gasteiger partial charge in [0, 0.05) is 23.5 Å². The Morgan fingerprint density at radius 1 is 1.12 bits per heavy atom. The normalized spacial score (nSPS) is 10.1. The molecule has 2 rings (SSSR count). The van der Waals surface area contributed by atoms with Crippen LogP contribution in [0.5, 0.6) is 0 Å². The van der Waals surface area contributed by atoms with Crippen molar-refractivity contribution in [1.82, 2.24) is 4.98 Å². The van der Waals surface area contributed by atoms with E-state index in [0.717, 1.165) is 28.5 Å². The van der Waals surface area contributed by atoms with E-state index < -0.39 is 0 Å². The van der Waals surface area contributed by atoms with E-state index in [-0.39, 0.29) is 0 Å². The Kier molecular flexibility index (Phi) is 2.82. The fourth-order valence-corrected chi connectivity index (χ4v) is 1.74. The molecule has 1 heterocycles. The van der Waals surface area contributed by atoms with Crippen molar-refractivity contribution >= 4 is 6.29 Å². The molecule has 0 bridgehead atoms. The molecular formula is C14H13NO. The summed E-state index contributed by atoms with van der Waals surface area (Å²) in [5.41, 5.74) is 5.14. The number of nitrogens with zero attached hydrogens (tertiary/aromatic N) is 1. The topological polar surface area (TPSA) is 30.0 Å². The SMILES string of the molecule is Cc1cc(-c2cnccc2C)ccc1C=O. The average molecular weight is 211 g/mol. The van der Waals surface area contributed by atoms with Crippen LogP contribution in [0.15, 0.2) is 36.7 Å². The molecule has 0 saturated carbocycles. The molecule has 0 aliphatic rings. The minimum Gasteiger partial charge on any atom is -0.298 e. The number of rotatable bonds is 2. The smallest absolute Gasteiger partial charge is 0.150 e. The molecule has 0 fully saturated rings. The van der Waals surface area contributed by atoms with Crippen molar-refractivity contribution in [2.24, 2.45) is 0 Å². The van der Waals surface area contributed by atoms with Gasteiger partial charge in [0.1, 0.15) is 6.29 Å². The minimum absolute atomic E-state index is 0.741. The third kappa shape index (κ3) is 1.87. The molecule has 16 heavy (non-hydrogen) atoms. The van der Waals surface area contributed by atoms with Gasteiger partial charge in [0.2, 0.25) is 0 Å². The van der Waals surface area contributed by atoms with Crippen LogP contribution in [0, 0.1) is 13.8 Å². The number of pyridine rings is 1. The molecule has 80 valence electrons. The standard InChI is InChI=1S/C14H13NO/c1-10-5-6-15-8-14(10)12-3-4-13(9-16)11(2)7-12/h3-9H,1-2H3. The maximum Gasteiger partial charge on any atom is 0.150 e. The lowest BCUT2D eigenvalue weighted by molar-refractivity contribution is 0.112. The monoisotopic (exact) mass is 211 g/mol. The summed E-state index contributed by atoms with van der Waals surface area (Å²) in [6, 6.07) is 7.82. The van der Waals surface area contributed by atoms with Gasteiger partial charge >= 0.3 is 0 Å². The highest BCUT2D eigenvalue weighted by Crippen LogP contribution is 2.23. The molecule has 0 radical (unpaired) electrons. The lowest BCUT2D eigenvalue weighted by Gasteiger charge is -2.07. The molecule has 0 atom stereocenters. The van der Waals surface area contributed by atoms with Crippen molar-refractivity contribution in [3.8, 4) is 11.1 Å². The second kappa shape index (κ2) is 4.27. The Morgan fingerprint density at radius 3 is 2.56 bits per heavy atom. The quantitative estimate of drug-likeness (QED) is 0.714. The van der Waals surface area contributed by atoms with Gasteiger partial charge in [-0.2, -0.15) is 0 Å². The van der Waals surface area contributed by atoms with Gasteiger partial charge in [-0.25, -0.2) is 0 Å². The second-order valence-electron chi connectivity index (χ2n) is 3.88. The Bertz CT molecular complexity index is 532. The second-order valence-corrected chi connectivity index (χ2v) is 3.88. The number of benzene rings is 1. The molecule has 0 unspecified atom stereocenters. The van der Waals surface area contributed by atoms with Gasteiger partial charge in [0.15, 0.2) is 0 Å². The summed E-state index contributed by atoms with van der Waals surface area (Å²) in [6.07, 6.45) is 4.52. The molecule has 0 N–H and O–H groups in total. The van der Waals surface area contributed by atoms with Crippen LogP contribution in [-0.4, -0.2) is 11.3 Å². The maximum absolute atomic E-state index is 10.7. The summed E-state index contributed by atoms with van der Waals surface area (Å²) in [5.74, 6) is 0. The Labute approximate surface area is 95.0 Å². The van der Waals surface area contributed by atoms with E-state index in [1.165, 1.54) is 5.56 Å². The van der Waals surface area contributed by atoms with Crippen LogP contribution in [0.25, 0.3) is 11.1 Å². The van der Waals surface area contributed by atoms with Gasteiger partial charge in [0.05, 0.1) is 0 Å². The van der Waals surface area contributed by atoms with Crippen molar-refractivity contribution in [1.29, 1.82) is 0 Å². The summed E-state index contributed by atoms with van der Waals surface area (Å²) in [7, 11) is 0. The third-order valence-corrected chi connectivity index (χ3v) is 2.75. The predicted octanol–water partition coefficient (Wildman–Crippen LogP) is 3.18. The highest BCUT2D eigenvalue weighted by molar-refractivity contribution is 5.79. The molecule has 0 aliphatic heterocycles. The molecule has 2 nitrogen and oxygen atoms in total. The van der Waals surface area contributed by atoms with Crippen molar-refractivity contribution in [2.75, 3.05) is 0 Å². The molecule has 2 heteroatoms.